The molecule has 0 unspecified atom stereocenters. The largest absolute Gasteiger partial charge is 0.494 e. The molecule has 3 rings (SSSR count). The van der Waals surface area contributed by atoms with Crippen LogP contribution < -0.4 is 15.2 Å². The Balaban J connectivity index is 1.74. The number of aromatic nitrogens is 3. The van der Waals surface area contributed by atoms with Crippen molar-refractivity contribution in [1.29, 1.82) is 0 Å². The van der Waals surface area contributed by atoms with Gasteiger partial charge in [-0.2, -0.15) is 18.2 Å². The molecule has 0 aliphatic carbocycles. The highest BCUT2D eigenvalue weighted by molar-refractivity contribution is 5.35. The average molecular weight is 429 g/mol. The molecule has 0 spiro atoms. The van der Waals surface area contributed by atoms with E-state index in [4.69, 9.17) is 9.47 Å². The Hall–Kier alpha value is -3.70. The molecule has 7 nitrogen and oxygen atoms in total. The van der Waals surface area contributed by atoms with Crippen LogP contribution in [0.2, 0.25) is 0 Å². The van der Waals surface area contributed by atoms with Crippen molar-refractivity contribution < 1.29 is 36.5 Å². The molecule has 0 saturated heterocycles. The minimum Gasteiger partial charge on any atom is -0.494 e. The molecule has 3 aromatic rings. The second-order valence-corrected chi connectivity index (χ2v) is 5.95. The second-order valence-electron chi connectivity index (χ2n) is 5.95. The van der Waals surface area contributed by atoms with Crippen molar-refractivity contribution in [2.45, 2.75) is 12.8 Å². The van der Waals surface area contributed by atoms with Gasteiger partial charge in [-0.1, -0.05) is 0 Å². The molecule has 158 valence electrons. The Labute approximate surface area is 165 Å². The van der Waals surface area contributed by atoms with Crippen LogP contribution in [0.5, 0.6) is 23.3 Å². The smallest absolute Gasteiger partial charge is 0.433 e. The van der Waals surface area contributed by atoms with Gasteiger partial charge in [-0.05, 0) is 29.8 Å². The van der Waals surface area contributed by atoms with Gasteiger partial charge in [0.2, 0.25) is 5.88 Å². The lowest BCUT2D eigenvalue weighted by Gasteiger charge is -2.11. The second kappa shape index (κ2) is 7.97. The Kier molecular flexibility index (Phi) is 5.58. The van der Waals surface area contributed by atoms with Gasteiger partial charge in [-0.15, -0.1) is 0 Å². The molecule has 0 aliphatic rings. The number of benzene rings is 1. The molecule has 0 bridgehead atoms. The quantitative estimate of drug-likeness (QED) is 0.625. The number of nitrogens with zero attached hydrogens (tertiary/aromatic N) is 3. The first-order valence-electron chi connectivity index (χ1n) is 8.13. The number of alkyl halides is 3. The van der Waals surface area contributed by atoms with E-state index in [9.17, 15) is 31.9 Å². The van der Waals surface area contributed by atoms with E-state index in [1.165, 1.54) is 7.05 Å². The summed E-state index contributed by atoms with van der Waals surface area (Å²) < 4.78 is 77.0. The molecule has 0 radical (unpaired) electrons. The first kappa shape index (κ1) is 21.0. The summed E-state index contributed by atoms with van der Waals surface area (Å²) in [5.74, 6) is -4.11. The first-order valence-corrected chi connectivity index (χ1v) is 8.13. The summed E-state index contributed by atoms with van der Waals surface area (Å²) in [5.41, 5.74) is -1.97. The highest BCUT2D eigenvalue weighted by Gasteiger charge is 2.32. The Morgan fingerprint density at radius 1 is 1.13 bits per heavy atom. The SMILES string of the molecule is Cn1c(O)cc(OCc2cc(F)c(Oc3ccc(C(F)(F)F)nc3)c(F)c2)nc1=O. The summed E-state index contributed by atoms with van der Waals surface area (Å²) in [6, 6.07) is 4.27. The van der Waals surface area contributed by atoms with E-state index in [2.05, 4.69) is 9.97 Å². The van der Waals surface area contributed by atoms with Crippen LogP contribution in [-0.4, -0.2) is 19.6 Å². The van der Waals surface area contributed by atoms with Crippen LogP contribution in [0.1, 0.15) is 11.3 Å². The molecule has 2 aromatic heterocycles. The number of hydrogen-bond donors (Lipinski definition) is 1. The van der Waals surface area contributed by atoms with E-state index in [0.29, 0.717) is 12.3 Å². The van der Waals surface area contributed by atoms with Gasteiger partial charge in [0.1, 0.15) is 18.1 Å². The Bertz CT molecular complexity index is 1110. The summed E-state index contributed by atoms with van der Waals surface area (Å²) >= 11 is 0. The highest BCUT2D eigenvalue weighted by atomic mass is 19.4. The number of pyridine rings is 1. The summed E-state index contributed by atoms with van der Waals surface area (Å²) in [4.78, 5) is 18.1. The van der Waals surface area contributed by atoms with Crippen molar-refractivity contribution in [2.24, 2.45) is 7.05 Å². The molecule has 1 aromatic carbocycles. The molecule has 1 N–H and O–H groups in total. The monoisotopic (exact) mass is 429 g/mol. The number of halogens is 5. The number of ether oxygens (including phenoxy) is 2. The summed E-state index contributed by atoms with van der Waals surface area (Å²) in [5, 5.41) is 9.54. The predicted molar refractivity (Wildman–Crippen MR) is 91.1 cm³/mol. The number of rotatable bonds is 5. The zero-order chi connectivity index (χ0) is 22.1. The fraction of sp³-hybridized carbons (Fsp3) is 0.167. The van der Waals surface area contributed by atoms with Crippen molar-refractivity contribution in [2.75, 3.05) is 0 Å². The molecule has 0 fully saturated rings. The zero-order valence-corrected chi connectivity index (χ0v) is 15.1. The fourth-order valence-electron chi connectivity index (χ4n) is 2.26. The third kappa shape index (κ3) is 4.64. The van der Waals surface area contributed by atoms with Gasteiger partial charge < -0.3 is 14.6 Å². The van der Waals surface area contributed by atoms with E-state index in [-0.39, 0.29) is 17.2 Å². The van der Waals surface area contributed by atoms with Crippen LogP contribution >= 0.6 is 0 Å². The molecule has 0 amide bonds. The molecule has 2 heterocycles. The lowest BCUT2D eigenvalue weighted by atomic mass is 10.2. The summed E-state index contributed by atoms with van der Waals surface area (Å²) in [7, 11) is 1.28. The first-order chi connectivity index (χ1) is 14.0. The fourth-order valence-corrected chi connectivity index (χ4v) is 2.26. The predicted octanol–water partition coefficient (Wildman–Crippen LogP) is 3.55. The van der Waals surface area contributed by atoms with Crippen molar-refractivity contribution in [3.05, 3.63) is 69.9 Å². The van der Waals surface area contributed by atoms with E-state index in [1.807, 2.05) is 0 Å². The molecule has 30 heavy (non-hydrogen) atoms. The molecule has 0 aliphatic heterocycles. The van der Waals surface area contributed by atoms with Gasteiger partial charge in [0, 0.05) is 7.05 Å². The molecular formula is C18H12F5N3O4. The Morgan fingerprint density at radius 3 is 2.33 bits per heavy atom. The van der Waals surface area contributed by atoms with Gasteiger partial charge in [-0.3, -0.25) is 4.57 Å². The lowest BCUT2D eigenvalue weighted by molar-refractivity contribution is -0.141. The minimum absolute atomic E-state index is 0.00450. The average Bonchev–Trinajstić information content (AvgIpc) is 2.67. The van der Waals surface area contributed by atoms with Crippen LogP contribution in [0.4, 0.5) is 22.0 Å². The molecule has 12 heteroatoms. The van der Waals surface area contributed by atoms with Crippen molar-refractivity contribution in [1.82, 2.24) is 14.5 Å². The van der Waals surface area contributed by atoms with Crippen molar-refractivity contribution >= 4 is 0 Å². The maximum Gasteiger partial charge on any atom is 0.433 e. The molecular weight excluding hydrogens is 417 g/mol. The standard InChI is InChI=1S/C18H12F5N3O4/c1-26-15(27)6-14(25-17(26)28)29-8-9-4-11(19)16(12(20)5-9)30-10-2-3-13(24-7-10)18(21,22)23/h2-7,27H,8H2,1H3. The van der Waals surface area contributed by atoms with Crippen LogP contribution in [0, 0.1) is 11.6 Å². The Morgan fingerprint density at radius 2 is 1.80 bits per heavy atom. The van der Waals surface area contributed by atoms with E-state index < -0.39 is 47.4 Å². The van der Waals surface area contributed by atoms with Crippen molar-refractivity contribution in [3.8, 4) is 23.3 Å². The third-order valence-corrected chi connectivity index (χ3v) is 3.78. The summed E-state index contributed by atoms with van der Waals surface area (Å²) in [6.07, 6.45) is -3.97. The van der Waals surface area contributed by atoms with E-state index in [0.717, 1.165) is 28.8 Å². The maximum absolute atomic E-state index is 14.2. The third-order valence-electron chi connectivity index (χ3n) is 3.78. The molecule has 0 atom stereocenters. The summed E-state index contributed by atoms with van der Waals surface area (Å²) in [6.45, 7) is -0.393. The normalized spacial score (nSPS) is 11.4. The van der Waals surface area contributed by atoms with Gasteiger partial charge >= 0.3 is 11.9 Å². The van der Waals surface area contributed by atoms with Gasteiger partial charge in [-0.25, -0.2) is 18.6 Å². The van der Waals surface area contributed by atoms with Crippen LogP contribution in [-0.2, 0) is 19.8 Å². The van der Waals surface area contributed by atoms with Gasteiger partial charge in [0.05, 0.1) is 12.3 Å². The van der Waals surface area contributed by atoms with Crippen LogP contribution in [0.3, 0.4) is 0 Å². The highest BCUT2D eigenvalue weighted by Crippen LogP contribution is 2.31. The topological polar surface area (TPSA) is 86.5 Å². The zero-order valence-electron chi connectivity index (χ0n) is 15.1. The van der Waals surface area contributed by atoms with Crippen LogP contribution in [0.15, 0.2) is 41.3 Å². The van der Waals surface area contributed by atoms with Crippen LogP contribution in [0.25, 0.3) is 0 Å². The van der Waals surface area contributed by atoms with Crippen molar-refractivity contribution in [3.63, 3.8) is 0 Å². The number of aromatic hydroxyl groups is 1. The molecule has 0 saturated carbocycles. The van der Waals surface area contributed by atoms with E-state index in [1.54, 1.807) is 0 Å². The lowest BCUT2D eigenvalue weighted by Crippen LogP contribution is -2.20. The van der Waals surface area contributed by atoms with E-state index >= 15 is 0 Å². The van der Waals surface area contributed by atoms with Gasteiger partial charge in [0.25, 0.3) is 0 Å². The minimum atomic E-state index is -4.66. The van der Waals surface area contributed by atoms with Gasteiger partial charge in [0.15, 0.2) is 23.3 Å². The maximum atomic E-state index is 14.2. The number of hydrogen-bond acceptors (Lipinski definition) is 6.